The molecule has 0 aromatic heterocycles. The summed E-state index contributed by atoms with van der Waals surface area (Å²) in [5.74, 6) is 0.557. The summed E-state index contributed by atoms with van der Waals surface area (Å²) in [5, 5.41) is 0. The monoisotopic (exact) mass is 283 g/mol. The van der Waals surface area contributed by atoms with E-state index in [2.05, 4.69) is 36.4 Å². The third-order valence-electron chi connectivity index (χ3n) is 4.46. The number of carbonyl (C=O) groups excluding carboxylic acids is 1. The highest BCUT2D eigenvalue weighted by Crippen LogP contribution is 2.58. The predicted octanol–water partition coefficient (Wildman–Crippen LogP) is 3.54. The van der Waals surface area contributed by atoms with Gasteiger partial charge in [0.25, 0.3) is 0 Å². The van der Waals surface area contributed by atoms with E-state index in [0.29, 0.717) is 6.61 Å². The van der Waals surface area contributed by atoms with Crippen molar-refractivity contribution in [3.8, 4) is 0 Å². The lowest BCUT2D eigenvalue weighted by Crippen LogP contribution is -2.20. The molecule has 0 N–H and O–H groups in total. The highest BCUT2D eigenvalue weighted by Gasteiger charge is 2.50. The van der Waals surface area contributed by atoms with Crippen molar-refractivity contribution in [2.24, 2.45) is 11.8 Å². The van der Waals surface area contributed by atoms with Crippen LogP contribution in [0.4, 0.5) is 4.79 Å². The molecule has 0 spiro atoms. The van der Waals surface area contributed by atoms with Crippen molar-refractivity contribution >= 4 is 6.09 Å². The first-order chi connectivity index (χ1) is 10.3. The lowest BCUT2D eigenvalue weighted by molar-refractivity contribution is 0.0597. The molecular weight excluding hydrogens is 266 g/mol. The molecule has 3 heterocycles. The molecular formula is C17H17NO3. The Kier molecular flexibility index (Phi) is 2.86. The molecule has 1 saturated heterocycles. The quantitative estimate of drug-likeness (QED) is 0.791. The zero-order chi connectivity index (χ0) is 14.4. The summed E-state index contributed by atoms with van der Waals surface area (Å²) in [6.07, 6.45) is 7.59. The Bertz CT molecular complexity index is 592. The van der Waals surface area contributed by atoms with E-state index in [-0.39, 0.29) is 30.1 Å². The summed E-state index contributed by atoms with van der Waals surface area (Å²) in [5.41, 5.74) is 2.57. The molecule has 0 saturated carbocycles. The number of fused-ring (bicyclic) bond motifs is 8. The maximum atomic E-state index is 11.8. The molecule has 1 aromatic carbocycles. The average molecular weight is 283 g/mol. The van der Waals surface area contributed by atoms with Gasteiger partial charge >= 0.3 is 6.09 Å². The van der Waals surface area contributed by atoms with Crippen LogP contribution < -0.4 is 0 Å². The highest BCUT2D eigenvalue weighted by molar-refractivity contribution is 5.70. The number of hydrogen-bond acceptors (Lipinski definition) is 3. The van der Waals surface area contributed by atoms with E-state index >= 15 is 0 Å². The van der Waals surface area contributed by atoms with Gasteiger partial charge in [0.1, 0.15) is 0 Å². The Hall–Kier alpha value is -2.07. The van der Waals surface area contributed by atoms with Crippen molar-refractivity contribution in [2.45, 2.75) is 19.1 Å². The minimum atomic E-state index is -0.337. The summed E-state index contributed by atoms with van der Waals surface area (Å²) < 4.78 is 11.2. The Morgan fingerprint density at radius 2 is 1.71 bits per heavy atom. The van der Waals surface area contributed by atoms with Crippen LogP contribution in [-0.2, 0) is 9.47 Å². The van der Waals surface area contributed by atoms with Crippen LogP contribution in [0, 0.1) is 11.8 Å². The minimum Gasteiger partial charge on any atom is -0.449 e. The Morgan fingerprint density at radius 1 is 1.14 bits per heavy atom. The van der Waals surface area contributed by atoms with Gasteiger partial charge in [0.2, 0.25) is 0 Å². The molecule has 4 heteroatoms. The summed E-state index contributed by atoms with van der Waals surface area (Å²) in [6, 6.07) is 8.39. The molecule has 0 unspecified atom stereocenters. The zero-order valence-corrected chi connectivity index (χ0v) is 11.8. The van der Waals surface area contributed by atoms with Gasteiger partial charge in [0.05, 0.1) is 18.8 Å². The largest absolute Gasteiger partial charge is 0.449 e. The van der Waals surface area contributed by atoms with Crippen LogP contribution in [0.25, 0.3) is 0 Å². The van der Waals surface area contributed by atoms with Crippen LogP contribution in [0.3, 0.4) is 0 Å². The normalized spacial score (nSPS) is 31.8. The third kappa shape index (κ3) is 1.83. The Balaban J connectivity index is 1.65. The number of carbonyl (C=O) groups is 1. The predicted molar refractivity (Wildman–Crippen MR) is 77.1 cm³/mol. The lowest BCUT2D eigenvalue weighted by Gasteiger charge is -2.24. The Morgan fingerprint density at radius 3 is 2.24 bits per heavy atom. The van der Waals surface area contributed by atoms with E-state index in [1.54, 1.807) is 12.4 Å². The second kappa shape index (κ2) is 4.74. The second-order valence-corrected chi connectivity index (χ2v) is 5.55. The van der Waals surface area contributed by atoms with Crippen molar-refractivity contribution in [3.63, 3.8) is 0 Å². The summed E-state index contributed by atoms with van der Waals surface area (Å²) in [6.45, 7) is 2.19. The molecule has 0 aliphatic carbocycles. The first kappa shape index (κ1) is 12.7. The molecule has 3 aliphatic heterocycles. The summed E-state index contributed by atoms with van der Waals surface area (Å²) in [4.78, 5) is 13.3. The Labute approximate surface area is 123 Å². The van der Waals surface area contributed by atoms with Gasteiger partial charge in [-0.05, 0) is 18.1 Å². The van der Waals surface area contributed by atoms with Crippen LogP contribution in [0.1, 0.15) is 30.3 Å². The summed E-state index contributed by atoms with van der Waals surface area (Å²) >= 11 is 0. The summed E-state index contributed by atoms with van der Waals surface area (Å²) in [7, 11) is 0. The van der Waals surface area contributed by atoms with Gasteiger partial charge in [-0.1, -0.05) is 36.4 Å². The van der Waals surface area contributed by atoms with Gasteiger partial charge in [-0.25, -0.2) is 4.79 Å². The number of amides is 1. The van der Waals surface area contributed by atoms with Crippen molar-refractivity contribution in [2.75, 3.05) is 6.61 Å². The number of rotatable bonds is 1. The zero-order valence-electron chi connectivity index (χ0n) is 11.8. The van der Waals surface area contributed by atoms with E-state index in [4.69, 9.17) is 9.47 Å². The van der Waals surface area contributed by atoms with E-state index in [1.165, 1.54) is 16.0 Å². The standard InChI is InChI=1S/C17H17NO3/c1-2-20-17(19)18-9-7-13-14(8-10-18)16-12-6-4-3-5-11(12)15(13)21-16/h3-10,13-16H,2H2,1H3/t13-,14-,15+,16+/m1/s1. The first-order valence-corrected chi connectivity index (χ1v) is 7.35. The van der Waals surface area contributed by atoms with Gasteiger partial charge < -0.3 is 9.47 Å². The van der Waals surface area contributed by atoms with Crippen molar-refractivity contribution < 1.29 is 14.3 Å². The van der Waals surface area contributed by atoms with Crippen LogP contribution in [0.15, 0.2) is 48.8 Å². The van der Waals surface area contributed by atoms with Gasteiger partial charge in [-0.15, -0.1) is 0 Å². The highest BCUT2D eigenvalue weighted by atomic mass is 16.6. The molecule has 1 aromatic rings. The average Bonchev–Trinajstić information content (AvgIpc) is 2.96. The van der Waals surface area contributed by atoms with Crippen molar-refractivity contribution in [1.82, 2.24) is 4.90 Å². The van der Waals surface area contributed by atoms with E-state index < -0.39 is 0 Å². The van der Waals surface area contributed by atoms with Gasteiger partial charge in [0, 0.05) is 24.2 Å². The maximum absolute atomic E-state index is 11.8. The molecule has 3 aliphatic rings. The minimum absolute atomic E-state index is 0.0965. The van der Waals surface area contributed by atoms with Crippen molar-refractivity contribution in [1.29, 1.82) is 0 Å². The van der Waals surface area contributed by atoms with Crippen LogP contribution >= 0.6 is 0 Å². The fourth-order valence-corrected chi connectivity index (χ4v) is 3.55. The van der Waals surface area contributed by atoms with E-state index in [0.717, 1.165) is 0 Å². The van der Waals surface area contributed by atoms with Gasteiger partial charge in [0.15, 0.2) is 0 Å². The number of nitrogens with zero attached hydrogens (tertiary/aromatic N) is 1. The molecule has 4 rings (SSSR count). The fraction of sp³-hybridized carbons (Fsp3) is 0.353. The smallest absolute Gasteiger partial charge is 0.417 e. The number of hydrogen-bond donors (Lipinski definition) is 0. The third-order valence-corrected chi connectivity index (χ3v) is 4.46. The molecule has 4 nitrogen and oxygen atoms in total. The molecule has 2 bridgehead atoms. The van der Waals surface area contributed by atoms with E-state index in [9.17, 15) is 4.79 Å². The topological polar surface area (TPSA) is 38.8 Å². The maximum Gasteiger partial charge on any atom is 0.417 e. The van der Waals surface area contributed by atoms with Crippen LogP contribution in [0.5, 0.6) is 0 Å². The number of ether oxygens (including phenoxy) is 2. The van der Waals surface area contributed by atoms with Crippen molar-refractivity contribution in [3.05, 3.63) is 59.9 Å². The van der Waals surface area contributed by atoms with Gasteiger partial charge in [-0.2, -0.15) is 0 Å². The molecule has 0 radical (unpaired) electrons. The molecule has 1 amide bonds. The lowest BCUT2D eigenvalue weighted by atomic mass is 9.76. The molecule has 4 atom stereocenters. The second-order valence-electron chi connectivity index (χ2n) is 5.55. The van der Waals surface area contributed by atoms with E-state index in [1.807, 2.05) is 6.92 Å². The molecule has 21 heavy (non-hydrogen) atoms. The number of benzene rings is 1. The van der Waals surface area contributed by atoms with Gasteiger partial charge in [-0.3, -0.25) is 4.90 Å². The first-order valence-electron chi connectivity index (χ1n) is 7.35. The SMILES string of the molecule is CCOC(=O)N1C=C[C@@H]2[C@@H](C=C1)[C@H]1O[C@H]2c2ccccc21. The van der Waals surface area contributed by atoms with Crippen LogP contribution in [-0.4, -0.2) is 17.6 Å². The molecule has 108 valence electrons. The van der Waals surface area contributed by atoms with Crippen LogP contribution in [0.2, 0.25) is 0 Å². The molecule has 1 fully saturated rings. The fourth-order valence-electron chi connectivity index (χ4n) is 3.55.